The second kappa shape index (κ2) is 7.91. The number of guanidine groups is 1. The number of hydrogen-bond acceptors (Lipinski definition) is 2. The van der Waals surface area contributed by atoms with Crippen molar-refractivity contribution in [3.8, 4) is 5.75 Å². The SMILES string of the molecule is COc1cccc(C(C)(C)CN=C(N)NCCC(C)C)c1. The lowest BCUT2D eigenvalue weighted by Crippen LogP contribution is -2.34. The second-order valence-corrected chi connectivity index (χ2v) is 6.43. The molecule has 0 aliphatic carbocycles. The fraction of sp³-hybridized carbons (Fsp3) is 0.588. The highest BCUT2D eigenvalue weighted by atomic mass is 16.5. The van der Waals surface area contributed by atoms with Gasteiger partial charge in [0.1, 0.15) is 5.75 Å². The van der Waals surface area contributed by atoms with Crippen LogP contribution in [0.1, 0.15) is 39.7 Å². The summed E-state index contributed by atoms with van der Waals surface area (Å²) in [6, 6.07) is 8.10. The van der Waals surface area contributed by atoms with Crippen LogP contribution in [0.3, 0.4) is 0 Å². The first-order valence-corrected chi connectivity index (χ1v) is 7.53. The van der Waals surface area contributed by atoms with E-state index in [-0.39, 0.29) is 5.41 Å². The van der Waals surface area contributed by atoms with Crippen LogP contribution in [0.15, 0.2) is 29.3 Å². The van der Waals surface area contributed by atoms with Gasteiger partial charge >= 0.3 is 0 Å². The highest BCUT2D eigenvalue weighted by Gasteiger charge is 2.20. The van der Waals surface area contributed by atoms with Crippen molar-refractivity contribution in [1.29, 1.82) is 0 Å². The normalized spacial score (nSPS) is 12.6. The van der Waals surface area contributed by atoms with Crippen LogP contribution in [-0.4, -0.2) is 26.2 Å². The van der Waals surface area contributed by atoms with Gasteiger partial charge in [-0.05, 0) is 30.0 Å². The zero-order chi connectivity index (χ0) is 15.9. The summed E-state index contributed by atoms with van der Waals surface area (Å²) < 4.78 is 5.28. The quantitative estimate of drug-likeness (QED) is 0.600. The van der Waals surface area contributed by atoms with Gasteiger partial charge in [-0.25, -0.2) is 0 Å². The summed E-state index contributed by atoms with van der Waals surface area (Å²) in [5, 5.41) is 3.16. The molecule has 3 N–H and O–H groups in total. The van der Waals surface area contributed by atoms with E-state index in [4.69, 9.17) is 10.5 Å². The predicted molar refractivity (Wildman–Crippen MR) is 90.0 cm³/mol. The van der Waals surface area contributed by atoms with E-state index in [9.17, 15) is 0 Å². The number of rotatable bonds is 7. The number of aliphatic imine (C=N–C) groups is 1. The van der Waals surface area contributed by atoms with Crippen molar-refractivity contribution in [1.82, 2.24) is 5.32 Å². The van der Waals surface area contributed by atoms with Gasteiger partial charge < -0.3 is 15.8 Å². The van der Waals surface area contributed by atoms with E-state index < -0.39 is 0 Å². The van der Waals surface area contributed by atoms with Gasteiger partial charge in [-0.2, -0.15) is 0 Å². The summed E-state index contributed by atoms with van der Waals surface area (Å²) in [7, 11) is 1.68. The molecule has 0 bridgehead atoms. The van der Waals surface area contributed by atoms with Crippen molar-refractivity contribution in [3.05, 3.63) is 29.8 Å². The summed E-state index contributed by atoms with van der Waals surface area (Å²) >= 11 is 0. The summed E-state index contributed by atoms with van der Waals surface area (Å²) in [4.78, 5) is 4.47. The lowest BCUT2D eigenvalue weighted by atomic mass is 9.85. The molecular formula is C17H29N3O. The second-order valence-electron chi connectivity index (χ2n) is 6.43. The molecule has 1 aromatic rings. The first-order chi connectivity index (χ1) is 9.85. The number of ether oxygens (including phenoxy) is 1. The molecule has 0 aliphatic heterocycles. The Morgan fingerprint density at radius 2 is 2.10 bits per heavy atom. The molecule has 0 unspecified atom stereocenters. The zero-order valence-corrected chi connectivity index (χ0v) is 13.9. The van der Waals surface area contributed by atoms with Gasteiger partial charge in [0.15, 0.2) is 5.96 Å². The number of methoxy groups -OCH3 is 1. The third-order valence-corrected chi connectivity index (χ3v) is 3.52. The van der Waals surface area contributed by atoms with E-state index in [1.807, 2.05) is 12.1 Å². The van der Waals surface area contributed by atoms with Crippen LogP contribution in [0.25, 0.3) is 0 Å². The van der Waals surface area contributed by atoms with Gasteiger partial charge in [0.2, 0.25) is 0 Å². The topological polar surface area (TPSA) is 59.6 Å². The molecule has 0 saturated carbocycles. The monoisotopic (exact) mass is 291 g/mol. The zero-order valence-electron chi connectivity index (χ0n) is 13.9. The van der Waals surface area contributed by atoms with Crippen molar-refractivity contribution in [2.75, 3.05) is 20.2 Å². The lowest BCUT2D eigenvalue weighted by molar-refractivity contribution is 0.412. The van der Waals surface area contributed by atoms with E-state index in [0.29, 0.717) is 18.4 Å². The molecule has 118 valence electrons. The standard InChI is InChI=1S/C17H29N3O/c1-13(2)9-10-19-16(18)20-12-17(3,4)14-7-6-8-15(11-14)21-5/h6-8,11,13H,9-10,12H2,1-5H3,(H3,18,19,20). The third kappa shape index (κ3) is 6.06. The van der Waals surface area contributed by atoms with Crippen molar-refractivity contribution in [3.63, 3.8) is 0 Å². The Labute approximate surface area is 128 Å². The minimum absolute atomic E-state index is 0.0844. The fourth-order valence-electron chi connectivity index (χ4n) is 1.96. The van der Waals surface area contributed by atoms with Crippen molar-refractivity contribution in [2.24, 2.45) is 16.6 Å². The van der Waals surface area contributed by atoms with Gasteiger partial charge in [0.05, 0.1) is 13.7 Å². The Balaban J connectivity index is 2.62. The van der Waals surface area contributed by atoms with E-state index in [0.717, 1.165) is 18.7 Å². The highest BCUT2D eigenvalue weighted by Crippen LogP contribution is 2.26. The molecule has 0 atom stereocenters. The molecule has 4 heteroatoms. The average molecular weight is 291 g/mol. The van der Waals surface area contributed by atoms with E-state index in [1.54, 1.807) is 7.11 Å². The summed E-state index contributed by atoms with van der Waals surface area (Å²) in [5.74, 6) is 2.05. The lowest BCUT2D eigenvalue weighted by Gasteiger charge is -2.24. The maximum Gasteiger partial charge on any atom is 0.188 e. The van der Waals surface area contributed by atoms with Crippen LogP contribution in [-0.2, 0) is 5.41 Å². The summed E-state index contributed by atoms with van der Waals surface area (Å²) in [5.41, 5.74) is 7.03. The predicted octanol–water partition coefficient (Wildman–Crippen LogP) is 2.92. The molecule has 1 rings (SSSR count). The number of hydrogen-bond donors (Lipinski definition) is 2. The van der Waals surface area contributed by atoms with Gasteiger partial charge in [0.25, 0.3) is 0 Å². The minimum atomic E-state index is -0.0844. The Kier molecular flexibility index (Phi) is 6.53. The maximum absolute atomic E-state index is 5.92. The number of nitrogens with two attached hydrogens (primary N) is 1. The Morgan fingerprint density at radius 3 is 2.71 bits per heavy atom. The third-order valence-electron chi connectivity index (χ3n) is 3.52. The minimum Gasteiger partial charge on any atom is -0.497 e. The molecule has 4 nitrogen and oxygen atoms in total. The Hall–Kier alpha value is -1.71. The van der Waals surface area contributed by atoms with Crippen LogP contribution in [0.5, 0.6) is 5.75 Å². The van der Waals surface area contributed by atoms with Crippen LogP contribution in [0.4, 0.5) is 0 Å². The largest absolute Gasteiger partial charge is 0.497 e. The van der Waals surface area contributed by atoms with Crippen LogP contribution in [0.2, 0.25) is 0 Å². The Bertz CT molecular complexity index is 467. The molecule has 0 spiro atoms. The molecule has 0 radical (unpaired) electrons. The van der Waals surface area contributed by atoms with Crippen LogP contribution in [0, 0.1) is 5.92 Å². The molecule has 21 heavy (non-hydrogen) atoms. The van der Waals surface area contributed by atoms with Crippen LogP contribution >= 0.6 is 0 Å². The van der Waals surface area contributed by atoms with Crippen molar-refractivity contribution >= 4 is 5.96 Å². The fourth-order valence-corrected chi connectivity index (χ4v) is 1.96. The average Bonchev–Trinajstić information content (AvgIpc) is 2.45. The highest BCUT2D eigenvalue weighted by molar-refractivity contribution is 5.77. The molecule has 0 saturated heterocycles. The van der Waals surface area contributed by atoms with E-state index >= 15 is 0 Å². The summed E-state index contributed by atoms with van der Waals surface area (Å²) in [6.07, 6.45) is 1.09. The molecule has 1 aromatic carbocycles. The van der Waals surface area contributed by atoms with E-state index in [1.165, 1.54) is 5.56 Å². The van der Waals surface area contributed by atoms with E-state index in [2.05, 4.69) is 50.1 Å². The maximum atomic E-state index is 5.92. The van der Waals surface area contributed by atoms with Crippen molar-refractivity contribution in [2.45, 2.75) is 39.5 Å². The van der Waals surface area contributed by atoms with Crippen LogP contribution < -0.4 is 15.8 Å². The molecule has 0 heterocycles. The molecule has 0 fully saturated rings. The first-order valence-electron chi connectivity index (χ1n) is 7.53. The molecule has 0 amide bonds. The van der Waals surface area contributed by atoms with Gasteiger partial charge in [-0.3, -0.25) is 4.99 Å². The van der Waals surface area contributed by atoms with Gasteiger partial charge in [-0.15, -0.1) is 0 Å². The smallest absolute Gasteiger partial charge is 0.188 e. The molecule has 0 aliphatic rings. The number of nitrogens with zero attached hydrogens (tertiary/aromatic N) is 1. The summed E-state index contributed by atoms with van der Waals surface area (Å²) in [6.45, 7) is 10.2. The van der Waals surface area contributed by atoms with Gasteiger partial charge in [0, 0.05) is 12.0 Å². The number of nitrogens with one attached hydrogen (secondary N) is 1. The first kappa shape index (κ1) is 17.3. The number of benzene rings is 1. The molecular weight excluding hydrogens is 262 g/mol. The van der Waals surface area contributed by atoms with Gasteiger partial charge in [-0.1, -0.05) is 39.8 Å². The molecule has 0 aromatic heterocycles. The Morgan fingerprint density at radius 1 is 1.38 bits per heavy atom. The van der Waals surface area contributed by atoms with Crippen molar-refractivity contribution < 1.29 is 4.74 Å².